The van der Waals surface area contributed by atoms with Crippen molar-refractivity contribution in [3.8, 4) is 17.3 Å². The SMILES string of the molecule is CCC(C)(N)c1ccc(Nc2nccc(-c3cnc(N4CC[C@H](F)C4)c(C#N)c3)n2)cn1. The van der Waals surface area contributed by atoms with Crippen molar-refractivity contribution in [2.75, 3.05) is 23.3 Å². The predicted octanol–water partition coefficient (Wildman–Crippen LogP) is 3.68. The van der Waals surface area contributed by atoms with Gasteiger partial charge in [0.1, 0.15) is 18.1 Å². The van der Waals surface area contributed by atoms with Crippen LogP contribution in [0.25, 0.3) is 11.3 Å². The lowest BCUT2D eigenvalue weighted by molar-refractivity contribution is 0.364. The molecule has 0 spiro atoms. The quantitative estimate of drug-likeness (QED) is 0.606. The van der Waals surface area contributed by atoms with Crippen molar-refractivity contribution in [3.05, 3.63) is 54.1 Å². The van der Waals surface area contributed by atoms with Crippen LogP contribution >= 0.6 is 0 Å². The third-order valence-electron chi connectivity index (χ3n) is 5.71. The van der Waals surface area contributed by atoms with Crippen molar-refractivity contribution in [2.45, 2.75) is 38.4 Å². The normalized spacial score (nSPS) is 17.6. The van der Waals surface area contributed by atoms with E-state index in [2.05, 4.69) is 31.3 Å². The molecule has 4 rings (SSSR count). The van der Waals surface area contributed by atoms with Crippen LogP contribution in [0, 0.1) is 11.3 Å². The van der Waals surface area contributed by atoms with Crippen molar-refractivity contribution >= 4 is 17.5 Å². The fraction of sp³-hybridized carbons (Fsp3) is 0.348. The Kier molecular flexibility index (Phi) is 5.97. The highest BCUT2D eigenvalue weighted by Gasteiger charge is 2.25. The van der Waals surface area contributed by atoms with Crippen molar-refractivity contribution in [1.29, 1.82) is 5.26 Å². The molecule has 32 heavy (non-hydrogen) atoms. The van der Waals surface area contributed by atoms with E-state index in [9.17, 15) is 9.65 Å². The van der Waals surface area contributed by atoms with Crippen molar-refractivity contribution in [2.24, 2.45) is 5.73 Å². The van der Waals surface area contributed by atoms with Crippen LogP contribution in [0.1, 0.15) is 37.9 Å². The van der Waals surface area contributed by atoms with Gasteiger partial charge in [-0.3, -0.25) is 4.98 Å². The molecule has 0 aliphatic carbocycles. The van der Waals surface area contributed by atoms with Gasteiger partial charge in [0.25, 0.3) is 0 Å². The molecule has 2 atom stereocenters. The molecule has 0 aromatic carbocycles. The minimum absolute atomic E-state index is 0.261. The lowest BCUT2D eigenvalue weighted by Gasteiger charge is -2.22. The number of aromatic nitrogens is 4. The number of nitriles is 1. The molecule has 9 heteroatoms. The smallest absolute Gasteiger partial charge is 0.227 e. The van der Waals surface area contributed by atoms with Crippen molar-refractivity contribution < 1.29 is 4.39 Å². The zero-order valence-corrected chi connectivity index (χ0v) is 18.1. The average Bonchev–Trinajstić information content (AvgIpc) is 3.25. The van der Waals surface area contributed by atoms with Crippen LogP contribution in [0.4, 0.5) is 21.8 Å². The molecule has 3 aromatic heterocycles. The Morgan fingerprint density at radius 1 is 1.28 bits per heavy atom. The van der Waals surface area contributed by atoms with Crippen LogP contribution in [-0.4, -0.2) is 39.2 Å². The molecular formula is C23H25FN8. The van der Waals surface area contributed by atoms with Gasteiger partial charge in [0.15, 0.2) is 0 Å². The molecule has 4 heterocycles. The number of rotatable bonds is 6. The summed E-state index contributed by atoms with van der Waals surface area (Å²) in [4.78, 5) is 19.5. The van der Waals surface area contributed by atoms with E-state index in [-0.39, 0.29) is 6.54 Å². The number of hydrogen-bond acceptors (Lipinski definition) is 8. The minimum Gasteiger partial charge on any atom is -0.352 e. The van der Waals surface area contributed by atoms with Crippen LogP contribution in [0.3, 0.4) is 0 Å². The second-order valence-corrected chi connectivity index (χ2v) is 8.13. The van der Waals surface area contributed by atoms with E-state index >= 15 is 0 Å². The molecule has 0 amide bonds. The molecule has 3 aromatic rings. The van der Waals surface area contributed by atoms with Crippen LogP contribution < -0.4 is 16.0 Å². The third-order valence-corrected chi connectivity index (χ3v) is 5.71. The molecule has 1 unspecified atom stereocenters. The van der Waals surface area contributed by atoms with Gasteiger partial charge in [-0.1, -0.05) is 6.92 Å². The third kappa shape index (κ3) is 4.50. The molecule has 164 valence electrons. The summed E-state index contributed by atoms with van der Waals surface area (Å²) in [5.41, 5.74) is 9.01. The minimum atomic E-state index is -0.886. The number of nitrogens with one attached hydrogen (secondary N) is 1. The summed E-state index contributed by atoms with van der Waals surface area (Å²) < 4.78 is 13.6. The topological polar surface area (TPSA) is 117 Å². The summed E-state index contributed by atoms with van der Waals surface area (Å²) in [5, 5.41) is 12.7. The van der Waals surface area contributed by atoms with E-state index in [0.29, 0.717) is 41.6 Å². The summed E-state index contributed by atoms with van der Waals surface area (Å²) in [6.07, 6.45) is 5.33. The average molecular weight is 433 g/mol. The summed E-state index contributed by atoms with van der Waals surface area (Å²) in [6, 6.07) is 9.42. The van der Waals surface area contributed by atoms with E-state index in [1.54, 1.807) is 30.7 Å². The molecule has 8 nitrogen and oxygen atoms in total. The summed E-state index contributed by atoms with van der Waals surface area (Å²) in [5.74, 6) is 0.902. The largest absolute Gasteiger partial charge is 0.352 e. The highest BCUT2D eigenvalue weighted by molar-refractivity contribution is 5.67. The number of hydrogen-bond donors (Lipinski definition) is 2. The predicted molar refractivity (Wildman–Crippen MR) is 121 cm³/mol. The van der Waals surface area contributed by atoms with E-state index in [1.165, 1.54) is 0 Å². The van der Waals surface area contributed by atoms with Gasteiger partial charge in [-0.25, -0.2) is 19.3 Å². The fourth-order valence-corrected chi connectivity index (χ4v) is 3.54. The molecular weight excluding hydrogens is 407 g/mol. The van der Waals surface area contributed by atoms with E-state index in [0.717, 1.165) is 17.8 Å². The second-order valence-electron chi connectivity index (χ2n) is 8.13. The van der Waals surface area contributed by atoms with Crippen LogP contribution in [0.5, 0.6) is 0 Å². The molecule has 0 radical (unpaired) electrons. The monoisotopic (exact) mass is 432 g/mol. The van der Waals surface area contributed by atoms with Crippen LogP contribution in [0.15, 0.2) is 42.9 Å². The molecule has 1 aliphatic heterocycles. The Morgan fingerprint density at radius 3 is 2.78 bits per heavy atom. The van der Waals surface area contributed by atoms with Gasteiger partial charge in [-0.05, 0) is 44.0 Å². The van der Waals surface area contributed by atoms with Gasteiger partial charge in [0, 0.05) is 24.5 Å². The van der Waals surface area contributed by atoms with Gasteiger partial charge in [0.2, 0.25) is 5.95 Å². The molecule has 1 fully saturated rings. The van der Waals surface area contributed by atoms with Gasteiger partial charge < -0.3 is 16.0 Å². The molecule has 0 bridgehead atoms. The fourth-order valence-electron chi connectivity index (χ4n) is 3.54. The van der Waals surface area contributed by atoms with E-state index < -0.39 is 11.7 Å². The maximum Gasteiger partial charge on any atom is 0.227 e. The Bertz CT molecular complexity index is 1140. The van der Waals surface area contributed by atoms with Crippen LogP contribution in [-0.2, 0) is 5.54 Å². The molecule has 3 N–H and O–H groups in total. The number of nitrogens with two attached hydrogens (primary N) is 1. The standard InChI is InChI=1S/C23H25FN8/c1-3-23(2,26)20-5-4-18(13-28-20)30-22-27-8-6-19(31-22)16-10-15(11-25)21(29-12-16)32-9-7-17(24)14-32/h4-6,8,10,12-13,17H,3,7,9,14,26H2,1-2H3,(H,27,30,31)/t17-,23?/m0/s1. The summed E-state index contributed by atoms with van der Waals surface area (Å²) in [6.45, 7) is 4.79. The lowest BCUT2D eigenvalue weighted by atomic mass is 9.95. The Balaban J connectivity index is 1.55. The Labute approximate surface area is 186 Å². The molecule has 1 aliphatic rings. The highest BCUT2D eigenvalue weighted by atomic mass is 19.1. The maximum atomic E-state index is 13.6. The maximum absolute atomic E-state index is 13.6. The lowest BCUT2D eigenvalue weighted by Crippen LogP contribution is -2.32. The number of pyridine rings is 2. The van der Waals surface area contributed by atoms with Gasteiger partial charge in [0.05, 0.1) is 40.9 Å². The Hall–Kier alpha value is -3.64. The Morgan fingerprint density at radius 2 is 2.12 bits per heavy atom. The van der Waals surface area contributed by atoms with Crippen LogP contribution in [0.2, 0.25) is 0 Å². The summed E-state index contributed by atoms with van der Waals surface area (Å²) in [7, 11) is 0. The van der Waals surface area contributed by atoms with E-state index in [4.69, 9.17) is 5.73 Å². The van der Waals surface area contributed by atoms with E-state index in [1.807, 2.05) is 30.9 Å². The molecule has 1 saturated heterocycles. The summed E-state index contributed by atoms with van der Waals surface area (Å²) >= 11 is 0. The number of alkyl halides is 1. The highest BCUT2D eigenvalue weighted by Crippen LogP contribution is 2.27. The first-order valence-electron chi connectivity index (χ1n) is 10.5. The first kappa shape index (κ1) is 21.6. The zero-order chi connectivity index (χ0) is 22.7. The van der Waals surface area contributed by atoms with Crippen molar-refractivity contribution in [1.82, 2.24) is 19.9 Å². The number of nitrogens with zero attached hydrogens (tertiary/aromatic N) is 6. The first-order chi connectivity index (χ1) is 15.4. The number of halogens is 1. The van der Waals surface area contributed by atoms with Crippen molar-refractivity contribution in [3.63, 3.8) is 0 Å². The molecule has 0 saturated carbocycles. The number of anilines is 3. The zero-order valence-electron chi connectivity index (χ0n) is 18.1. The van der Waals surface area contributed by atoms with Gasteiger partial charge >= 0.3 is 0 Å². The van der Waals surface area contributed by atoms with Gasteiger partial charge in [-0.2, -0.15) is 5.26 Å². The second kappa shape index (κ2) is 8.85. The van der Waals surface area contributed by atoms with Gasteiger partial charge in [-0.15, -0.1) is 0 Å². The first-order valence-corrected chi connectivity index (χ1v) is 10.5.